The van der Waals surface area contributed by atoms with Crippen molar-refractivity contribution < 1.29 is 4.74 Å². The third kappa shape index (κ3) is 5.44. The largest absolute Gasteiger partial charge is 0.455 e. The molecule has 0 atom stereocenters. The van der Waals surface area contributed by atoms with E-state index >= 15 is 0 Å². The Balaban J connectivity index is 1.34. The summed E-state index contributed by atoms with van der Waals surface area (Å²) in [6, 6.07) is 15.3. The van der Waals surface area contributed by atoms with Crippen LogP contribution >= 0.6 is 0 Å². The number of tetrazole rings is 1. The Morgan fingerprint density at radius 1 is 0.886 bits per heavy atom. The van der Waals surface area contributed by atoms with Gasteiger partial charge in [-0.25, -0.2) is 20.1 Å². The minimum Gasteiger partial charge on any atom is -0.455 e. The molecule has 10 nitrogen and oxygen atoms in total. The van der Waals surface area contributed by atoms with Crippen molar-refractivity contribution in [1.29, 1.82) is 0 Å². The zero-order chi connectivity index (χ0) is 24.0. The van der Waals surface area contributed by atoms with Crippen molar-refractivity contribution in [3.63, 3.8) is 0 Å². The summed E-state index contributed by atoms with van der Waals surface area (Å²) in [6.07, 6.45) is 6.68. The molecule has 0 saturated carbocycles. The molecular formula is C25H23N9O. The number of nitrogens with one attached hydrogen (secondary N) is 2. The molecule has 0 fully saturated rings. The SMILES string of the molecule is Cc1cc(Oc2ccnc(Nc3cc(CCc4nnn[nH]4)ccn3)c2)c(-c2ccccn2)nc1C. The number of ether oxygens (including phenoxy) is 1. The van der Waals surface area contributed by atoms with Crippen LogP contribution in [0.5, 0.6) is 11.5 Å². The van der Waals surface area contributed by atoms with E-state index in [2.05, 4.69) is 40.9 Å². The molecule has 0 aliphatic heterocycles. The van der Waals surface area contributed by atoms with Gasteiger partial charge in [0.15, 0.2) is 5.75 Å². The fourth-order valence-corrected chi connectivity index (χ4v) is 3.49. The van der Waals surface area contributed by atoms with Crippen LogP contribution in [-0.2, 0) is 12.8 Å². The zero-order valence-electron chi connectivity index (χ0n) is 19.3. The summed E-state index contributed by atoms with van der Waals surface area (Å²) in [5.41, 5.74) is 4.51. The predicted molar refractivity (Wildman–Crippen MR) is 130 cm³/mol. The number of anilines is 2. The normalized spacial score (nSPS) is 10.8. The molecule has 5 aromatic rings. The van der Waals surface area contributed by atoms with E-state index in [1.165, 1.54) is 0 Å². The zero-order valence-corrected chi connectivity index (χ0v) is 19.3. The van der Waals surface area contributed by atoms with Gasteiger partial charge in [-0.15, -0.1) is 5.10 Å². The fourth-order valence-electron chi connectivity index (χ4n) is 3.49. The Hall–Kier alpha value is -4.73. The van der Waals surface area contributed by atoms with Gasteiger partial charge in [0.1, 0.15) is 28.9 Å². The molecule has 0 unspecified atom stereocenters. The van der Waals surface area contributed by atoms with Crippen molar-refractivity contribution in [1.82, 2.24) is 40.6 Å². The van der Waals surface area contributed by atoms with Crippen molar-refractivity contribution in [2.75, 3.05) is 5.32 Å². The van der Waals surface area contributed by atoms with E-state index in [0.29, 0.717) is 35.2 Å². The lowest BCUT2D eigenvalue weighted by atomic mass is 10.1. The Morgan fingerprint density at radius 3 is 2.54 bits per heavy atom. The summed E-state index contributed by atoms with van der Waals surface area (Å²) in [6.45, 7) is 3.98. The standard InChI is InChI=1S/C25H23N9O/c1-16-13-21(25(29-17(16)2)20-5-3-4-10-26-20)35-19-9-12-28-24(15-19)30-23-14-18(8-11-27-23)6-7-22-31-33-34-32-22/h3-5,8-15H,6-7H2,1-2H3,(H,27,28,30)(H,31,32,33,34). The number of rotatable bonds is 8. The first kappa shape index (κ1) is 22.1. The number of aromatic nitrogens is 8. The third-order valence-corrected chi connectivity index (χ3v) is 5.42. The van der Waals surface area contributed by atoms with Gasteiger partial charge in [0.25, 0.3) is 0 Å². The van der Waals surface area contributed by atoms with Gasteiger partial charge in [-0.3, -0.25) is 4.98 Å². The van der Waals surface area contributed by atoms with Gasteiger partial charge in [0.2, 0.25) is 0 Å². The number of hydrogen-bond donors (Lipinski definition) is 2. The van der Waals surface area contributed by atoms with Crippen LogP contribution in [0.25, 0.3) is 11.4 Å². The van der Waals surface area contributed by atoms with Crippen molar-refractivity contribution in [2.45, 2.75) is 26.7 Å². The third-order valence-electron chi connectivity index (χ3n) is 5.42. The van der Waals surface area contributed by atoms with Gasteiger partial charge in [-0.05, 0) is 78.2 Å². The maximum absolute atomic E-state index is 6.26. The van der Waals surface area contributed by atoms with Gasteiger partial charge in [0.05, 0.1) is 5.69 Å². The van der Waals surface area contributed by atoms with E-state index in [0.717, 1.165) is 34.8 Å². The van der Waals surface area contributed by atoms with Crippen molar-refractivity contribution in [2.24, 2.45) is 0 Å². The summed E-state index contributed by atoms with van der Waals surface area (Å²) >= 11 is 0. The number of hydrogen-bond acceptors (Lipinski definition) is 9. The Kier molecular flexibility index (Phi) is 6.33. The maximum Gasteiger partial charge on any atom is 0.155 e. The van der Waals surface area contributed by atoms with Gasteiger partial charge in [-0.1, -0.05) is 6.07 Å². The monoisotopic (exact) mass is 465 g/mol. The van der Waals surface area contributed by atoms with E-state index in [1.54, 1.807) is 24.7 Å². The van der Waals surface area contributed by atoms with Crippen LogP contribution in [0.2, 0.25) is 0 Å². The lowest BCUT2D eigenvalue weighted by molar-refractivity contribution is 0.481. The quantitative estimate of drug-likeness (QED) is 0.343. The van der Waals surface area contributed by atoms with Gasteiger partial charge in [-0.2, -0.15) is 0 Å². The molecule has 174 valence electrons. The minimum atomic E-state index is 0.614. The highest BCUT2D eigenvalue weighted by Gasteiger charge is 2.13. The molecule has 10 heteroatoms. The average Bonchev–Trinajstić information content (AvgIpc) is 3.40. The molecule has 0 aliphatic carbocycles. The number of pyridine rings is 4. The predicted octanol–water partition coefficient (Wildman–Crippen LogP) is 4.38. The first-order chi connectivity index (χ1) is 17.1. The topological polar surface area (TPSA) is 127 Å². The number of H-pyrrole nitrogens is 1. The summed E-state index contributed by atoms with van der Waals surface area (Å²) < 4.78 is 6.26. The second kappa shape index (κ2) is 10.0. The van der Waals surface area contributed by atoms with E-state index in [-0.39, 0.29) is 0 Å². The van der Waals surface area contributed by atoms with Crippen LogP contribution in [0.3, 0.4) is 0 Å². The first-order valence-corrected chi connectivity index (χ1v) is 11.1. The number of aryl methyl sites for hydroxylation is 4. The van der Waals surface area contributed by atoms with Crippen molar-refractivity contribution in [3.8, 4) is 22.9 Å². The molecule has 5 heterocycles. The molecule has 0 aromatic carbocycles. The second-order valence-electron chi connectivity index (χ2n) is 7.95. The highest BCUT2D eigenvalue weighted by molar-refractivity contribution is 5.64. The number of nitrogens with zero attached hydrogens (tertiary/aromatic N) is 7. The molecule has 0 saturated heterocycles. The van der Waals surface area contributed by atoms with Crippen molar-refractivity contribution in [3.05, 3.63) is 89.8 Å². The molecule has 0 radical (unpaired) electrons. The summed E-state index contributed by atoms with van der Waals surface area (Å²) in [5.74, 6) is 3.30. The highest BCUT2D eigenvalue weighted by atomic mass is 16.5. The molecule has 0 bridgehead atoms. The Bertz CT molecular complexity index is 1420. The molecule has 0 aliphatic rings. The Morgan fingerprint density at radius 2 is 1.74 bits per heavy atom. The molecule has 0 spiro atoms. The lowest BCUT2D eigenvalue weighted by Gasteiger charge is -2.13. The average molecular weight is 466 g/mol. The van der Waals surface area contributed by atoms with Crippen LogP contribution in [-0.4, -0.2) is 40.6 Å². The minimum absolute atomic E-state index is 0.614. The van der Waals surface area contributed by atoms with Crippen LogP contribution in [0.15, 0.2) is 67.1 Å². The van der Waals surface area contributed by atoms with Crippen LogP contribution in [0.1, 0.15) is 22.6 Å². The number of aromatic amines is 1. The molecule has 5 aromatic heterocycles. The van der Waals surface area contributed by atoms with Gasteiger partial charge >= 0.3 is 0 Å². The molecular weight excluding hydrogens is 442 g/mol. The van der Waals surface area contributed by atoms with E-state index in [1.807, 2.05) is 56.3 Å². The summed E-state index contributed by atoms with van der Waals surface area (Å²) in [5, 5.41) is 17.2. The maximum atomic E-state index is 6.26. The summed E-state index contributed by atoms with van der Waals surface area (Å²) in [7, 11) is 0. The molecule has 35 heavy (non-hydrogen) atoms. The molecule has 0 amide bonds. The van der Waals surface area contributed by atoms with Crippen LogP contribution in [0, 0.1) is 13.8 Å². The highest BCUT2D eigenvalue weighted by Crippen LogP contribution is 2.33. The van der Waals surface area contributed by atoms with Crippen LogP contribution in [0.4, 0.5) is 11.6 Å². The lowest BCUT2D eigenvalue weighted by Crippen LogP contribution is -2.00. The summed E-state index contributed by atoms with van der Waals surface area (Å²) in [4.78, 5) is 18.0. The van der Waals surface area contributed by atoms with Crippen LogP contribution < -0.4 is 10.1 Å². The van der Waals surface area contributed by atoms with Gasteiger partial charge < -0.3 is 10.1 Å². The van der Waals surface area contributed by atoms with Crippen molar-refractivity contribution >= 4 is 11.6 Å². The first-order valence-electron chi connectivity index (χ1n) is 11.1. The van der Waals surface area contributed by atoms with E-state index < -0.39 is 0 Å². The second-order valence-corrected chi connectivity index (χ2v) is 7.95. The smallest absolute Gasteiger partial charge is 0.155 e. The fraction of sp³-hybridized carbons (Fsp3) is 0.160. The Labute approximate surface area is 201 Å². The van der Waals surface area contributed by atoms with E-state index in [9.17, 15) is 0 Å². The van der Waals surface area contributed by atoms with E-state index in [4.69, 9.17) is 9.72 Å². The molecule has 2 N–H and O–H groups in total. The van der Waals surface area contributed by atoms with Gasteiger partial charge in [0, 0.05) is 36.8 Å². The molecule has 5 rings (SSSR count).